The highest BCUT2D eigenvalue weighted by Crippen LogP contribution is 2.29. The van der Waals surface area contributed by atoms with Crippen LogP contribution in [0.25, 0.3) is 0 Å². The Balaban J connectivity index is 1.69. The van der Waals surface area contributed by atoms with Gasteiger partial charge in [-0.05, 0) is 30.2 Å². The van der Waals surface area contributed by atoms with Gasteiger partial charge in [-0.2, -0.15) is 13.2 Å². The Labute approximate surface area is 172 Å². The van der Waals surface area contributed by atoms with Crippen molar-refractivity contribution in [1.82, 2.24) is 5.32 Å². The van der Waals surface area contributed by atoms with Crippen molar-refractivity contribution in [1.29, 1.82) is 0 Å². The van der Waals surface area contributed by atoms with Gasteiger partial charge in [-0.3, -0.25) is 9.59 Å². The quantitative estimate of drug-likeness (QED) is 0.745. The Morgan fingerprint density at radius 2 is 1.80 bits per heavy atom. The van der Waals surface area contributed by atoms with Gasteiger partial charge in [0.25, 0.3) is 0 Å². The zero-order valence-electron chi connectivity index (χ0n) is 16.3. The Hall–Kier alpha value is -2.71. The van der Waals surface area contributed by atoms with Crippen molar-refractivity contribution in [2.45, 2.75) is 44.4 Å². The van der Waals surface area contributed by atoms with E-state index in [0.29, 0.717) is 5.56 Å². The minimum absolute atomic E-state index is 0.0479. The minimum atomic E-state index is -4.41. The van der Waals surface area contributed by atoms with Gasteiger partial charge in [0.15, 0.2) is 5.78 Å². The highest BCUT2D eigenvalue weighted by molar-refractivity contribution is 5.93. The first-order valence-electron chi connectivity index (χ1n) is 9.50. The molecule has 0 radical (unpaired) electrons. The van der Waals surface area contributed by atoms with Crippen LogP contribution in [-0.2, 0) is 38.3 Å². The number of ketones is 1. The van der Waals surface area contributed by atoms with Gasteiger partial charge in [0.2, 0.25) is 5.91 Å². The molecule has 2 aromatic carbocycles. The van der Waals surface area contributed by atoms with E-state index >= 15 is 0 Å². The first kappa shape index (κ1) is 22.0. The van der Waals surface area contributed by atoms with Gasteiger partial charge in [0, 0.05) is 6.42 Å². The molecule has 8 heteroatoms. The molecule has 1 fully saturated rings. The second-order valence-electron chi connectivity index (χ2n) is 7.15. The molecule has 0 aromatic heterocycles. The molecule has 3 rings (SSSR count). The van der Waals surface area contributed by atoms with Crippen molar-refractivity contribution < 1.29 is 32.2 Å². The highest BCUT2D eigenvalue weighted by Gasteiger charge is 2.35. The molecule has 0 bridgehead atoms. The zero-order chi connectivity index (χ0) is 21.7. The summed E-state index contributed by atoms with van der Waals surface area (Å²) in [5.74, 6) is -0.682. The first-order valence-corrected chi connectivity index (χ1v) is 9.50. The fraction of sp³-hybridized carbons (Fsp3) is 0.364. The number of Topliss-reactive ketones (excluding diaryl/α,β-unsaturated/α-hetero) is 1. The molecule has 1 aliphatic rings. The number of carbonyl (C=O) groups is 2. The van der Waals surface area contributed by atoms with Crippen LogP contribution in [-0.4, -0.2) is 36.5 Å². The predicted molar refractivity (Wildman–Crippen MR) is 103 cm³/mol. The van der Waals surface area contributed by atoms with Crippen molar-refractivity contribution in [3.63, 3.8) is 0 Å². The second-order valence-corrected chi connectivity index (χ2v) is 7.15. The number of hydrogen-bond acceptors (Lipinski definition) is 4. The maximum Gasteiger partial charge on any atom is 0.416 e. The maximum atomic E-state index is 12.8. The van der Waals surface area contributed by atoms with Crippen LogP contribution in [0.5, 0.6) is 0 Å². The lowest BCUT2D eigenvalue weighted by Crippen LogP contribution is -2.49. The van der Waals surface area contributed by atoms with Crippen molar-refractivity contribution in [2.75, 3.05) is 6.61 Å². The lowest BCUT2D eigenvalue weighted by molar-refractivity contribution is -0.137. The Bertz CT molecular complexity index is 868. The molecule has 1 saturated heterocycles. The molecule has 0 aliphatic carbocycles. The number of rotatable bonds is 7. The van der Waals surface area contributed by atoms with Crippen molar-refractivity contribution in [3.05, 3.63) is 71.3 Å². The summed E-state index contributed by atoms with van der Waals surface area (Å²) in [5, 5.41) is 2.68. The van der Waals surface area contributed by atoms with Gasteiger partial charge in [-0.15, -0.1) is 0 Å². The Kier molecular flexibility index (Phi) is 6.89. The number of halogens is 3. The molecule has 0 spiro atoms. The molecule has 1 aliphatic heterocycles. The molecule has 5 nitrogen and oxygen atoms in total. The number of benzene rings is 2. The van der Waals surface area contributed by atoms with E-state index in [-0.39, 0.29) is 25.4 Å². The van der Waals surface area contributed by atoms with E-state index in [1.165, 1.54) is 12.1 Å². The van der Waals surface area contributed by atoms with E-state index in [2.05, 4.69) is 5.32 Å². The second kappa shape index (κ2) is 9.40. The number of ether oxygens (including phenoxy) is 2. The van der Waals surface area contributed by atoms with Crippen LogP contribution in [0.2, 0.25) is 0 Å². The summed E-state index contributed by atoms with van der Waals surface area (Å²) in [6, 6.07) is 13.0. The third-order valence-electron chi connectivity index (χ3n) is 4.89. The molecule has 1 unspecified atom stereocenters. The van der Waals surface area contributed by atoms with Crippen molar-refractivity contribution in [3.8, 4) is 0 Å². The predicted octanol–water partition coefficient (Wildman–Crippen LogP) is 3.31. The molecule has 1 N–H and O–H groups in total. The summed E-state index contributed by atoms with van der Waals surface area (Å²) in [6.07, 6.45) is -5.52. The number of alkyl halides is 3. The Morgan fingerprint density at radius 1 is 1.13 bits per heavy atom. The van der Waals surface area contributed by atoms with E-state index in [4.69, 9.17) is 9.47 Å². The fourth-order valence-corrected chi connectivity index (χ4v) is 3.15. The third kappa shape index (κ3) is 5.67. The summed E-state index contributed by atoms with van der Waals surface area (Å²) in [4.78, 5) is 24.7. The molecule has 160 valence electrons. The Morgan fingerprint density at radius 3 is 2.37 bits per heavy atom. The van der Waals surface area contributed by atoms with Gasteiger partial charge in [0.05, 0.1) is 18.3 Å². The van der Waals surface area contributed by atoms with Gasteiger partial charge < -0.3 is 14.8 Å². The van der Waals surface area contributed by atoms with Crippen molar-refractivity contribution >= 4 is 11.7 Å². The molecular formula is C22H22F3NO4. The van der Waals surface area contributed by atoms with Gasteiger partial charge >= 0.3 is 6.18 Å². The van der Waals surface area contributed by atoms with Crippen LogP contribution in [0.3, 0.4) is 0 Å². The molecular weight excluding hydrogens is 399 g/mol. The molecule has 0 saturated carbocycles. The highest BCUT2D eigenvalue weighted by atomic mass is 19.4. The standard InChI is InChI=1S/C22H22F3NO4/c1-14-20(18(27)13-29-14)26-21(28)19(11-15-5-3-2-4-6-15)30-12-16-7-9-17(10-8-16)22(23,24)25/h2-10,14,19-20H,11-13H2,1H3,(H,26,28)/t14?,19-,20+/m0/s1. The van der Waals surface area contributed by atoms with Crippen LogP contribution < -0.4 is 5.32 Å². The van der Waals surface area contributed by atoms with E-state index < -0.39 is 35.9 Å². The smallest absolute Gasteiger partial charge is 0.368 e. The van der Waals surface area contributed by atoms with Crippen LogP contribution in [0.1, 0.15) is 23.6 Å². The number of amides is 1. The summed E-state index contributed by atoms with van der Waals surface area (Å²) < 4.78 is 49.2. The number of nitrogens with one attached hydrogen (secondary N) is 1. The van der Waals surface area contributed by atoms with Crippen molar-refractivity contribution in [2.24, 2.45) is 0 Å². The SMILES string of the molecule is CC1OCC(=O)[C@@H]1NC(=O)[C@H](Cc1ccccc1)OCc1ccc(C(F)(F)F)cc1. The summed E-state index contributed by atoms with van der Waals surface area (Å²) in [7, 11) is 0. The largest absolute Gasteiger partial charge is 0.416 e. The van der Waals surface area contributed by atoms with Gasteiger partial charge in [-0.1, -0.05) is 42.5 Å². The lowest BCUT2D eigenvalue weighted by atomic mass is 10.1. The van der Waals surface area contributed by atoms with E-state index in [9.17, 15) is 22.8 Å². The maximum absolute atomic E-state index is 12.8. The topological polar surface area (TPSA) is 64.6 Å². The van der Waals surface area contributed by atoms with E-state index in [1.807, 2.05) is 30.3 Å². The van der Waals surface area contributed by atoms with Gasteiger partial charge in [0.1, 0.15) is 18.8 Å². The molecule has 1 heterocycles. The third-order valence-corrected chi connectivity index (χ3v) is 4.89. The summed E-state index contributed by atoms with van der Waals surface area (Å²) in [5.41, 5.74) is 0.605. The molecule has 30 heavy (non-hydrogen) atoms. The molecule has 3 atom stereocenters. The average Bonchev–Trinajstić information content (AvgIpc) is 3.03. The average molecular weight is 421 g/mol. The minimum Gasteiger partial charge on any atom is -0.368 e. The van der Waals surface area contributed by atoms with E-state index in [1.54, 1.807) is 6.92 Å². The van der Waals surface area contributed by atoms with Crippen LogP contribution in [0.15, 0.2) is 54.6 Å². The van der Waals surface area contributed by atoms with E-state index in [0.717, 1.165) is 17.7 Å². The lowest BCUT2D eigenvalue weighted by Gasteiger charge is -2.21. The van der Waals surface area contributed by atoms with Gasteiger partial charge in [-0.25, -0.2) is 0 Å². The molecule has 1 amide bonds. The van der Waals surface area contributed by atoms with Crippen LogP contribution >= 0.6 is 0 Å². The first-order chi connectivity index (χ1) is 14.2. The van der Waals surface area contributed by atoms with Crippen LogP contribution in [0.4, 0.5) is 13.2 Å². The number of hydrogen-bond donors (Lipinski definition) is 1. The molecule has 2 aromatic rings. The summed E-state index contributed by atoms with van der Waals surface area (Å²) in [6.45, 7) is 1.60. The van der Waals surface area contributed by atoms with Crippen LogP contribution in [0, 0.1) is 0 Å². The fourth-order valence-electron chi connectivity index (χ4n) is 3.15. The number of carbonyl (C=O) groups excluding carboxylic acids is 2. The zero-order valence-corrected chi connectivity index (χ0v) is 16.3. The monoisotopic (exact) mass is 421 g/mol. The normalized spacial score (nSPS) is 20.2. The summed E-state index contributed by atoms with van der Waals surface area (Å²) >= 11 is 0.